The van der Waals surface area contributed by atoms with Crippen LogP contribution in [0.5, 0.6) is 0 Å². The minimum Gasteiger partial charge on any atom is -0.316 e. The molecule has 0 spiro atoms. The highest BCUT2D eigenvalue weighted by atomic mass is 32.2. The molecule has 0 bridgehead atoms. The molecule has 0 radical (unpaired) electrons. The number of sulfonamides is 1. The van der Waals surface area contributed by atoms with E-state index in [-0.39, 0.29) is 4.90 Å². The van der Waals surface area contributed by atoms with E-state index in [9.17, 15) is 8.42 Å². The van der Waals surface area contributed by atoms with Gasteiger partial charge in [0.15, 0.2) is 0 Å². The molecular weight excluding hydrogens is 358 g/mol. The van der Waals surface area contributed by atoms with Crippen LogP contribution in [0.3, 0.4) is 0 Å². The van der Waals surface area contributed by atoms with Crippen molar-refractivity contribution in [2.45, 2.75) is 4.90 Å². The van der Waals surface area contributed by atoms with Crippen LogP contribution in [0.1, 0.15) is 5.69 Å². The van der Waals surface area contributed by atoms with Gasteiger partial charge >= 0.3 is 0 Å². The maximum Gasteiger partial charge on any atom is 0.276 e. The van der Waals surface area contributed by atoms with Crippen LogP contribution in [-0.4, -0.2) is 19.2 Å². The molecule has 0 amide bonds. The van der Waals surface area contributed by atoms with Crippen molar-refractivity contribution < 1.29 is 8.42 Å². The van der Waals surface area contributed by atoms with E-state index < -0.39 is 10.0 Å². The zero-order valence-electron chi connectivity index (χ0n) is 14.4. The lowest BCUT2D eigenvalue weighted by Gasteiger charge is -2.07. The molecule has 0 aliphatic heterocycles. The molecule has 0 aliphatic rings. The van der Waals surface area contributed by atoms with Crippen LogP contribution in [0, 0.1) is 0 Å². The molecule has 6 heteroatoms. The van der Waals surface area contributed by atoms with Crippen molar-refractivity contribution >= 4 is 27.0 Å². The first kappa shape index (κ1) is 17.1. The molecule has 5 nitrogen and oxygen atoms in total. The van der Waals surface area contributed by atoms with Gasteiger partial charge in [0, 0.05) is 11.9 Å². The highest BCUT2D eigenvalue weighted by Crippen LogP contribution is 2.18. The Hall–Kier alpha value is -3.38. The summed E-state index contributed by atoms with van der Waals surface area (Å²) in [7, 11) is -3.74. The van der Waals surface area contributed by atoms with E-state index in [4.69, 9.17) is 0 Å². The Labute approximate surface area is 157 Å². The SMILES string of the molecule is O=S(=O)(N/N=C/c1cccn1-c1ccccc1)c1ccc2ccccc2c1. The second kappa shape index (κ2) is 7.09. The number of para-hydroxylation sites is 1. The molecule has 0 saturated heterocycles. The Kier molecular flexibility index (Phi) is 4.48. The average Bonchev–Trinajstić information content (AvgIpc) is 3.16. The lowest BCUT2D eigenvalue weighted by molar-refractivity contribution is 0.585. The minimum atomic E-state index is -3.74. The fraction of sp³-hybridized carbons (Fsp3) is 0. The summed E-state index contributed by atoms with van der Waals surface area (Å²) in [6.07, 6.45) is 3.39. The maximum atomic E-state index is 12.5. The molecule has 1 aromatic heterocycles. The molecule has 0 aliphatic carbocycles. The molecule has 3 aromatic carbocycles. The van der Waals surface area contributed by atoms with E-state index in [0.29, 0.717) is 0 Å². The molecule has 1 heterocycles. The van der Waals surface area contributed by atoms with Crippen LogP contribution in [0.4, 0.5) is 0 Å². The van der Waals surface area contributed by atoms with Gasteiger partial charge in [-0.2, -0.15) is 13.5 Å². The number of aromatic nitrogens is 1. The summed E-state index contributed by atoms with van der Waals surface area (Å²) in [5, 5.41) is 5.79. The van der Waals surface area contributed by atoms with Gasteiger partial charge in [-0.25, -0.2) is 4.83 Å². The van der Waals surface area contributed by atoms with E-state index in [1.54, 1.807) is 18.2 Å². The fourth-order valence-corrected chi connectivity index (χ4v) is 3.70. The van der Waals surface area contributed by atoms with Gasteiger partial charge in [0.1, 0.15) is 0 Å². The highest BCUT2D eigenvalue weighted by molar-refractivity contribution is 7.89. The molecule has 27 heavy (non-hydrogen) atoms. The van der Waals surface area contributed by atoms with Gasteiger partial charge in [-0.15, -0.1) is 0 Å². The van der Waals surface area contributed by atoms with E-state index >= 15 is 0 Å². The number of nitrogens with one attached hydrogen (secondary N) is 1. The summed E-state index contributed by atoms with van der Waals surface area (Å²) in [4.78, 5) is 2.46. The van der Waals surface area contributed by atoms with E-state index in [0.717, 1.165) is 22.2 Å². The van der Waals surface area contributed by atoms with Gasteiger partial charge in [-0.1, -0.05) is 48.5 Å². The predicted molar refractivity (Wildman–Crippen MR) is 108 cm³/mol. The summed E-state index contributed by atoms with van der Waals surface area (Å²) in [6.45, 7) is 0. The van der Waals surface area contributed by atoms with Crippen LogP contribution in [0.25, 0.3) is 16.5 Å². The van der Waals surface area contributed by atoms with Gasteiger partial charge in [0.25, 0.3) is 10.0 Å². The first-order valence-electron chi connectivity index (χ1n) is 8.40. The molecule has 1 N–H and O–H groups in total. The topological polar surface area (TPSA) is 63.5 Å². The minimum absolute atomic E-state index is 0.178. The third-order valence-electron chi connectivity index (χ3n) is 4.22. The number of fused-ring (bicyclic) bond motifs is 1. The second-order valence-electron chi connectivity index (χ2n) is 6.00. The zero-order chi connectivity index (χ0) is 18.7. The summed E-state index contributed by atoms with van der Waals surface area (Å²) >= 11 is 0. The summed E-state index contributed by atoms with van der Waals surface area (Å²) in [5.74, 6) is 0. The van der Waals surface area contributed by atoms with Crippen molar-refractivity contribution in [3.63, 3.8) is 0 Å². The van der Waals surface area contributed by atoms with Crippen LogP contribution < -0.4 is 4.83 Å². The predicted octanol–water partition coefficient (Wildman–Crippen LogP) is 3.94. The number of hydrazone groups is 1. The summed E-state index contributed by atoms with van der Waals surface area (Å²) in [6, 6.07) is 26.1. The lowest BCUT2D eigenvalue weighted by Crippen LogP contribution is -2.18. The number of hydrogen-bond donors (Lipinski definition) is 1. The standard InChI is InChI=1S/C21H17N3O2S/c25-27(26,21-13-12-17-7-4-5-8-18(17)15-21)23-22-16-20-11-6-14-24(20)19-9-2-1-3-10-19/h1-16,23H/b22-16+. The third kappa shape index (κ3) is 3.61. The van der Waals surface area contributed by atoms with Crippen LogP contribution in [-0.2, 0) is 10.0 Å². The number of hydrogen-bond acceptors (Lipinski definition) is 3. The maximum absolute atomic E-state index is 12.5. The van der Waals surface area contributed by atoms with Gasteiger partial charge in [-0.3, -0.25) is 0 Å². The lowest BCUT2D eigenvalue weighted by atomic mass is 10.1. The van der Waals surface area contributed by atoms with Crippen LogP contribution in [0.2, 0.25) is 0 Å². The van der Waals surface area contributed by atoms with Crippen molar-refractivity contribution in [2.24, 2.45) is 5.10 Å². The molecule has 0 saturated carbocycles. The number of rotatable bonds is 5. The Morgan fingerprint density at radius 1 is 0.815 bits per heavy atom. The Bertz CT molecular complexity index is 1210. The van der Waals surface area contributed by atoms with E-state index in [1.165, 1.54) is 6.21 Å². The molecule has 0 unspecified atom stereocenters. The summed E-state index contributed by atoms with van der Waals surface area (Å²) in [5.41, 5.74) is 1.74. The molecule has 4 rings (SSSR count). The zero-order valence-corrected chi connectivity index (χ0v) is 15.2. The summed E-state index contributed by atoms with van der Waals surface area (Å²) < 4.78 is 27.0. The molecule has 0 atom stereocenters. The second-order valence-corrected chi connectivity index (χ2v) is 7.66. The van der Waals surface area contributed by atoms with Crippen molar-refractivity contribution in [3.8, 4) is 5.69 Å². The quantitative estimate of drug-likeness (QED) is 0.424. The number of benzene rings is 3. The van der Waals surface area contributed by atoms with Gasteiger partial charge in [0.05, 0.1) is 16.8 Å². The van der Waals surface area contributed by atoms with E-state index in [1.807, 2.05) is 77.5 Å². The Morgan fingerprint density at radius 3 is 2.37 bits per heavy atom. The van der Waals surface area contributed by atoms with Crippen LogP contribution >= 0.6 is 0 Å². The molecule has 0 fully saturated rings. The van der Waals surface area contributed by atoms with Gasteiger partial charge in [0.2, 0.25) is 0 Å². The average molecular weight is 375 g/mol. The van der Waals surface area contributed by atoms with Gasteiger partial charge < -0.3 is 4.57 Å². The van der Waals surface area contributed by atoms with Crippen LogP contribution in [0.15, 0.2) is 101 Å². The highest BCUT2D eigenvalue weighted by Gasteiger charge is 2.13. The normalized spacial score (nSPS) is 11.9. The van der Waals surface area contributed by atoms with E-state index in [2.05, 4.69) is 9.93 Å². The molecule has 134 valence electrons. The number of nitrogens with zero attached hydrogens (tertiary/aromatic N) is 2. The first-order valence-corrected chi connectivity index (χ1v) is 9.88. The Balaban J connectivity index is 1.56. The van der Waals surface area contributed by atoms with Crippen molar-refractivity contribution in [3.05, 3.63) is 96.8 Å². The molecule has 4 aromatic rings. The third-order valence-corrected chi connectivity index (χ3v) is 5.44. The fourth-order valence-electron chi connectivity index (χ4n) is 2.87. The monoisotopic (exact) mass is 375 g/mol. The first-order chi connectivity index (χ1) is 13.1. The smallest absolute Gasteiger partial charge is 0.276 e. The van der Waals surface area contributed by atoms with Gasteiger partial charge in [-0.05, 0) is 47.2 Å². The van der Waals surface area contributed by atoms with Crippen molar-refractivity contribution in [1.29, 1.82) is 0 Å². The largest absolute Gasteiger partial charge is 0.316 e. The molecular formula is C21H17N3O2S. The Morgan fingerprint density at radius 2 is 1.56 bits per heavy atom. The van der Waals surface area contributed by atoms with Crippen molar-refractivity contribution in [1.82, 2.24) is 9.40 Å². The van der Waals surface area contributed by atoms with Crippen molar-refractivity contribution in [2.75, 3.05) is 0 Å².